The van der Waals surface area contributed by atoms with Gasteiger partial charge in [-0.1, -0.05) is 18.2 Å². The van der Waals surface area contributed by atoms with E-state index in [4.69, 9.17) is 24.7 Å². The van der Waals surface area contributed by atoms with Crippen molar-refractivity contribution in [1.82, 2.24) is 10.2 Å². The summed E-state index contributed by atoms with van der Waals surface area (Å²) in [5, 5.41) is 2.64. The number of methoxy groups -OCH3 is 1. The highest BCUT2D eigenvalue weighted by Gasteiger charge is 2.43. The van der Waals surface area contributed by atoms with E-state index in [1.807, 2.05) is 6.08 Å². The highest BCUT2D eigenvalue weighted by molar-refractivity contribution is 5.92. The topological polar surface area (TPSA) is 146 Å². The van der Waals surface area contributed by atoms with Crippen molar-refractivity contribution >= 4 is 23.9 Å². The molecule has 3 N–H and O–H groups in total. The first kappa shape index (κ1) is 31.9. The number of esters is 1. The van der Waals surface area contributed by atoms with Crippen LogP contribution in [0.3, 0.4) is 0 Å². The molecule has 1 aromatic rings. The normalized spacial score (nSPS) is 19.6. The van der Waals surface area contributed by atoms with Crippen LogP contribution in [0.25, 0.3) is 0 Å². The summed E-state index contributed by atoms with van der Waals surface area (Å²) in [4.78, 5) is 52.6. The number of carbonyl (C=O) groups is 4. The van der Waals surface area contributed by atoms with E-state index in [1.165, 1.54) is 30.9 Å². The lowest BCUT2D eigenvalue weighted by Crippen LogP contribution is -2.53. The number of hydrogen-bond acceptors (Lipinski definition) is 8. The second-order valence-electron chi connectivity index (χ2n) is 11.5. The molecular formula is C30H43N3O8. The van der Waals surface area contributed by atoms with Gasteiger partial charge >= 0.3 is 12.1 Å². The first-order valence-corrected chi connectivity index (χ1v) is 14.1. The molecule has 11 heteroatoms. The molecule has 1 saturated heterocycles. The van der Waals surface area contributed by atoms with Crippen LogP contribution in [0.4, 0.5) is 4.79 Å². The van der Waals surface area contributed by atoms with Gasteiger partial charge in [-0.25, -0.2) is 9.59 Å². The number of allylic oxidation sites excluding steroid dienone is 1. The number of ether oxygens (including phenoxy) is 4. The Kier molecular flexibility index (Phi) is 11.6. The molecule has 41 heavy (non-hydrogen) atoms. The molecule has 11 nitrogen and oxygen atoms in total. The number of carbonyl (C=O) groups excluding carboxylic acids is 4. The second kappa shape index (κ2) is 14.9. The third-order valence-electron chi connectivity index (χ3n) is 6.77. The molecule has 1 aliphatic carbocycles. The molecule has 0 bridgehead atoms. The lowest BCUT2D eigenvalue weighted by molar-refractivity contribution is -0.139. The van der Waals surface area contributed by atoms with Crippen LogP contribution in [-0.4, -0.2) is 79.4 Å². The minimum Gasteiger partial charge on any atom is -0.497 e. The van der Waals surface area contributed by atoms with Gasteiger partial charge in [-0.2, -0.15) is 0 Å². The number of hydrogen-bond donors (Lipinski definition) is 2. The SMILES string of the molecule is COc1cccc(C(=O)O[C@@H]2C[C@@H](C(N)=O)N(C(=O)[C@H](CCCOC/C=C\CC3CC3)NC(=O)OC(C)(C)C)C2)c1. The molecule has 1 aliphatic heterocycles. The number of likely N-dealkylation sites (tertiary alicyclic amines) is 1. The minimum absolute atomic E-state index is 0.0447. The molecule has 1 aromatic carbocycles. The fourth-order valence-corrected chi connectivity index (χ4v) is 4.52. The van der Waals surface area contributed by atoms with Crippen molar-refractivity contribution in [2.24, 2.45) is 11.7 Å². The summed E-state index contributed by atoms with van der Waals surface area (Å²) >= 11 is 0. The van der Waals surface area contributed by atoms with Crippen LogP contribution in [0.1, 0.15) is 69.7 Å². The molecule has 1 saturated carbocycles. The number of primary amides is 1. The molecule has 1 heterocycles. The molecule has 2 aliphatic rings. The molecule has 3 atom stereocenters. The van der Waals surface area contributed by atoms with Crippen LogP contribution in [0.2, 0.25) is 0 Å². The summed E-state index contributed by atoms with van der Waals surface area (Å²) in [6.45, 7) is 5.97. The zero-order valence-corrected chi connectivity index (χ0v) is 24.4. The lowest BCUT2D eigenvalue weighted by Gasteiger charge is -2.28. The largest absolute Gasteiger partial charge is 0.497 e. The van der Waals surface area contributed by atoms with E-state index >= 15 is 0 Å². The van der Waals surface area contributed by atoms with Crippen LogP contribution < -0.4 is 15.8 Å². The smallest absolute Gasteiger partial charge is 0.408 e. The predicted molar refractivity (Wildman–Crippen MR) is 151 cm³/mol. The second-order valence-corrected chi connectivity index (χ2v) is 11.5. The summed E-state index contributed by atoms with van der Waals surface area (Å²) in [5.41, 5.74) is 5.13. The zero-order valence-electron chi connectivity index (χ0n) is 24.4. The maximum Gasteiger partial charge on any atom is 0.408 e. The molecule has 0 radical (unpaired) electrons. The maximum atomic E-state index is 13.7. The number of rotatable bonds is 14. The highest BCUT2D eigenvalue weighted by Crippen LogP contribution is 2.32. The molecule has 0 unspecified atom stereocenters. The Morgan fingerprint density at radius 2 is 1.93 bits per heavy atom. The third kappa shape index (κ3) is 10.7. The molecular weight excluding hydrogens is 530 g/mol. The standard InChI is InChI=1S/C30H43N3O8/c1-30(2,3)41-29(37)32-24(12-8-16-39-15-6-5-9-20-13-14-20)27(35)33-19-23(18-25(33)26(31)34)40-28(36)21-10-7-11-22(17-21)38-4/h5-7,10-11,17,20,23-25H,8-9,12-16,18-19H2,1-4H3,(H2,31,34)(H,32,37)/b6-5-/t23-,24+,25+/m1/s1. The van der Waals surface area contributed by atoms with Gasteiger partial charge in [0.15, 0.2) is 0 Å². The van der Waals surface area contributed by atoms with Crippen LogP contribution in [0.15, 0.2) is 36.4 Å². The fourth-order valence-electron chi connectivity index (χ4n) is 4.52. The molecule has 3 rings (SSSR count). The van der Waals surface area contributed by atoms with Crippen LogP contribution in [-0.2, 0) is 23.8 Å². The highest BCUT2D eigenvalue weighted by atomic mass is 16.6. The first-order valence-electron chi connectivity index (χ1n) is 14.1. The molecule has 0 spiro atoms. The van der Waals surface area contributed by atoms with Gasteiger partial charge in [-0.15, -0.1) is 0 Å². The van der Waals surface area contributed by atoms with E-state index < -0.39 is 47.7 Å². The molecule has 2 fully saturated rings. The number of nitrogens with zero attached hydrogens (tertiary/aromatic N) is 1. The third-order valence-corrected chi connectivity index (χ3v) is 6.77. The van der Waals surface area contributed by atoms with E-state index in [0.717, 1.165) is 12.3 Å². The van der Waals surface area contributed by atoms with E-state index in [0.29, 0.717) is 25.4 Å². The van der Waals surface area contributed by atoms with Gasteiger partial charge < -0.3 is 34.9 Å². The van der Waals surface area contributed by atoms with Crippen molar-refractivity contribution in [2.75, 3.05) is 26.9 Å². The summed E-state index contributed by atoms with van der Waals surface area (Å²) in [7, 11) is 1.49. The fraction of sp³-hybridized carbons (Fsp3) is 0.600. The first-order chi connectivity index (χ1) is 19.5. The van der Waals surface area contributed by atoms with Gasteiger partial charge in [0.05, 0.1) is 25.8 Å². The molecule has 3 amide bonds. The van der Waals surface area contributed by atoms with Gasteiger partial charge in [-0.3, -0.25) is 9.59 Å². The van der Waals surface area contributed by atoms with Crippen molar-refractivity contribution in [3.8, 4) is 5.75 Å². The minimum atomic E-state index is -0.999. The van der Waals surface area contributed by atoms with E-state index in [-0.39, 0.29) is 24.9 Å². The van der Waals surface area contributed by atoms with Crippen LogP contribution in [0, 0.1) is 5.92 Å². The van der Waals surface area contributed by atoms with Gasteiger partial charge in [0.25, 0.3) is 0 Å². The van der Waals surface area contributed by atoms with Gasteiger partial charge in [-0.05, 0) is 77.0 Å². The van der Waals surface area contributed by atoms with E-state index in [1.54, 1.807) is 39.0 Å². The Bertz CT molecular complexity index is 1100. The van der Waals surface area contributed by atoms with Crippen molar-refractivity contribution < 1.29 is 38.1 Å². The van der Waals surface area contributed by atoms with Crippen molar-refractivity contribution in [2.45, 2.75) is 83.1 Å². The lowest BCUT2D eigenvalue weighted by atomic mass is 10.1. The number of alkyl carbamates (subject to hydrolysis) is 1. The van der Waals surface area contributed by atoms with Crippen molar-refractivity contribution in [3.63, 3.8) is 0 Å². The zero-order chi connectivity index (χ0) is 30.0. The van der Waals surface area contributed by atoms with Crippen molar-refractivity contribution in [1.29, 1.82) is 0 Å². The Hall–Kier alpha value is -3.60. The summed E-state index contributed by atoms with van der Waals surface area (Å²) in [6.07, 6.45) is 7.05. The Labute approximate surface area is 241 Å². The Morgan fingerprint density at radius 3 is 2.59 bits per heavy atom. The summed E-state index contributed by atoms with van der Waals surface area (Å²) in [5.74, 6) is -0.540. The number of amides is 3. The number of nitrogens with two attached hydrogens (primary N) is 1. The van der Waals surface area contributed by atoms with Crippen LogP contribution >= 0.6 is 0 Å². The van der Waals surface area contributed by atoms with Crippen LogP contribution in [0.5, 0.6) is 5.75 Å². The quantitative estimate of drug-likeness (QED) is 0.196. The predicted octanol–water partition coefficient (Wildman–Crippen LogP) is 3.35. The van der Waals surface area contributed by atoms with Gasteiger partial charge in [0, 0.05) is 13.0 Å². The average molecular weight is 574 g/mol. The summed E-state index contributed by atoms with van der Waals surface area (Å²) in [6, 6.07) is 4.49. The van der Waals surface area contributed by atoms with E-state index in [2.05, 4.69) is 11.4 Å². The number of nitrogens with one attached hydrogen (secondary N) is 1. The monoisotopic (exact) mass is 573 g/mol. The maximum absolute atomic E-state index is 13.7. The van der Waals surface area contributed by atoms with E-state index in [9.17, 15) is 19.2 Å². The Balaban J connectivity index is 1.62. The molecule has 226 valence electrons. The Morgan fingerprint density at radius 1 is 1.17 bits per heavy atom. The number of benzene rings is 1. The van der Waals surface area contributed by atoms with Gasteiger partial charge in [0.2, 0.25) is 11.8 Å². The average Bonchev–Trinajstić information content (AvgIpc) is 3.64. The summed E-state index contributed by atoms with van der Waals surface area (Å²) < 4.78 is 21.8. The van der Waals surface area contributed by atoms with Crippen molar-refractivity contribution in [3.05, 3.63) is 42.0 Å². The molecule has 0 aromatic heterocycles. The van der Waals surface area contributed by atoms with Gasteiger partial charge in [0.1, 0.15) is 29.5 Å².